The van der Waals surface area contributed by atoms with Crippen LogP contribution >= 0.6 is 11.8 Å². The highest BCUT2D eigenvalue weighted by Crippen LogP contribution is 2.26. The van der Waals surface area contributed by atoms with Gasteiger partial charge in [-0.1, -0.05) is 16.4 Å². The van der Waals surface area contributed by atoms with Gasteiger partial charge in [-0.2, -0.15) is 11.8 Å². The first-order valence-corrected chi connectivity index (χ1v) is 9.14. The maximum Gasteiger partial charge on any atom is 0.152 e. The lowest BCUT2D eigenvalue weighted by molar-refractivity contribution is 0.0693. The van der Waals surface area contributed by atoms with Gasteiger partial charge in [0.2, 0.25) is 0 Å². The lowest BCUT2D eigenvalue weighted by atomic mass is 10.0. The van der Waals surface area contributed by atoms with Crippen molar-refractivity contribution in [1.29, 1.82) is 0 Å². The highest BCUT2D eigenvalue weighted by atomic mass is 32.2. The van der Waals surface area contributed by atoms with Crippen LogP contribution in [0.5, 0.6) is 0 Å². The van der Waals surface area contributed by atoms with E-state index in [0.717, 1.165) is 35.9 Å². The molecule has 1 saturated heterocycles. The van der Waals surface area contributed by atoms with E-state index in [2.05, 4.69) is 20.4 Å². The van der Waals surface area contributed by atoms with Crippen molar-refractivity contribution >= 4 is 23.2 Å². The average Bonchev–Trinajstić information content (AvgIpc) is 3.28. The van der Waals surface area contributed by atoms with Crippen molar-refractivity contribution in [3.63, 3.8) is 0 Å². The number of hydrogen-bond acceptors (Lipinski definition) is 6. The molecule has 24 heavy (non-hydrogen) atoms. The number of rotatable bonds is 4. The molecule has 6 nitrogen and oxygen atoms in total. The minimum Gasteiger partial charge on any atom is -0.390 e. The van der Waals surface area contributed by atoms with Gasteiger partial charge in [-0.05, 0) is 12.1 Å². The topological polar surface area (TPSA) is 55.5 Å². The van der Waals surface area contributed by atoms with Crippen molar-refractivity contribution in [2.45, 2.75) is 19.1 Å². The molecule has 1 aromatic carbocycles. The monoisotopic (exact) mass is 347 g/mol. The van der Waals surface area contributed by atoms with E-state index < -0.39 is 0 Å². The predicted molar refractivity (Wildman–Crippen MR) is 92.0 cm³/mol. The minimum atomic E-state index is -0.193. The van der Waals surface area contributed by atoms with Crippen LogP contribution in [0.4, 0.5) is 10.1 Å². The molecular formula is C16H18FN5OS. The molecule has 1 fully saturated rings. The molecule has 1 aromatic heterocycles. The third-order valence-electron chi connectivity index (χ3n) is 4.23. The van der Waals surface area contributed by atoms with Crippen LogP contribution in [0.15, 0.2) is 35.7 Å². The molecule has 1 atom stereocenters. The van der Waals surface area contributed by atoms with Crippen molar-refractivity contribution in [2.75, 3.05) is 29.5 Å². The SMILES string of the molecule is Fc1cc(C2=NOC(Cn3ccnn3)C2)ccc1N1CCSCC1. The first-order chi connectivity index (χ1) is 11.8. The molecule has 2 aliphatic rings. The van der Waals surface area contributed by atoms with Gasteiger partial charge in [0.05, 0.1) is 24.1 Å². The molecule has 0 saturated carbocycles. The number of halogens is 1. The first kappa shape index (κ1) is 15.4. The molecule has 0 amide bonds. The zero-order chi connectivity index (χ0) is 16.4. The van der Waals surface area contributed by atoms with Crippen molar-refractivity contribution in [3.05, 3.63) is 42.0 Å². The van der Waals surface area contributed by atoms with Crippen LogP contribution < -0.4 is 4.90 Å². The molecule has 2 aliphatic heterocycles. The quantitative estimate of drug-likeness (QED) is 0.848. The first-order valence-electron chi connectivity index (χ1n) is 7.99. The second-order valence-corrected chi connectivity index (χ2v) is 7.08. The second kappa shape index (κ2) is 6.80. The van der Waals surface area contributed by atoms with Crippen LogP contribution in [-0.4, -0.2) is 51.4 Å². The zero-order valence-corrected chi connectivity index (χ0v) is 14.0. The summed E-state index contributed by atoms with van der Waals surface area (Å²) in [5.41, 5.74) is 2.24. The van der Waals surface area contributed by atoms with E-state index in [1.165, 1.54) is 0 Å². The lowest BCUT2D eigenvalue weighted by Gasteiger charge is -2.28. The molecule has 0 radical (unpaired) electrons. The van der Waals surface area contributed by atoms with Crippen molar-refractivity contribution in [1.82, 2.24) is 15.0 Å². The normalized spacial score (nSPS) is 20.8. The van der Waals surface area contributed by atoms with Gasteiger partial charge in [-0.3, -0.25) is 0 Å². The summed E-state index contributed by atoms with van der Waals surface area (Å²) in [5.74, 6) is 1.90. The molecule has 4 rings (SSSR count). The number of hydrogen-bond donors (Lipinski definition) is 0. The van der Waals surface area contributed by atoms with Gasteiger partial charge in [0.1, 0.15) is 5.82 Å². The van der Waals surface area contributed by atoms with Crippen LogP contribution in [0.3, 0.4) is 0 Å². The lowest BCUT2D eigenvalue weighted by Crippen LogP contribution is -2.33. The summed E-state index contributed by atoms with van der Waals surface area (Å²) in [6, 6.07) is 5.35. The molecule has 1 unspecified atom stereocenters. The van der Waals surface area contributed by atoms with Gasteiger partial charge in [-0.25, -0.2) is 9.07 Å². The summed E-state index contributed by atoms with van der Waals surface area (Å²) < 4.78 is 16.2. The highest BCUT2D eigenvalue weighted by Gasteiger charge is 2.24. The number of thioether (sulfide) groups is 1. The maximum atomic E-state index is 14.5. The van der Waals surface area contributed by atoms with Crippen LogP contribution in [-0.2, 0) is 11.4 Å². The molecule has 0 aliphatic carbocycles. The maximum absolute atomic E-state index is 14.5. The number of nitrogens with zero attached hydrogens (tertiary/aromatic N) is 5. The third-order valence-corrected chi connectivity index (χ3v) is 5.17. The van der Waals surface area contributed by atoms with Crippen LogP contribution in [0.1, 0.15) is 12.0 Å². The Morgan fingerprint density at radius 2 is 2.17 bits per heavy atom. The molecule has 126 valence electrons. The molecule has 0 spiro atoms. The Balaban J connectivity index is 1.44. The molecule has 8 heteroatoms. The fourth-order valence-corrected chi connectivity index (χ4v) is 3.89. The van der Waals surface area contributed by atoms with Gasteiger partial charge in [0.15, 0.2) is 6.10 Å². The smallest absolute Gasteiger partial charge is 0.152 e. The molecule has 3 heterocycles. The molecule has 0 N–H and O–H groups in total. The number of benzene rings is 1. The zero-order valence-electron chi connectivity index (χ0n) is 13.1. The van der Waals surface area contributed by atoms with E-state index in [0.29, 0.717) is 18.7 Å². The second-order valence-electron chi connectivity index (χ2n) is 5.86. The molecular weight excluding hydrogens is 329 g/mol. The Hall–Kier alpha value is -2.09. The van der Waals surface area contributed by atoms with Crippen LogP contribution in [0.2, 0.25) is 0 Å². The minimum absolute atomic E-state index is 0.0939. The Morgan fingerprint density at radius 1 is 1.29 bits per heavy atom. The molecule has 0 bridgehead atoms. The van der Waals surface area contributed by atoms with E-state index in [-0.39, 0.29) is 11.9 Å². The summed E-state index contributed by atoms with van der Waals surface area (Å²) in [4.78, 5) is 7.55. The summed E-state index contributed by atoms with van der Waals surface area (Å²) in [7, 11) is 0. The van der Waals surface area contributed by atoms with Gasteiger partial charge in [0.25, 0.3) is 0 Å². The van der Waals surface area contributed by atoms with Gasteiger partial charge in [0, 0.05) is 42.8 Å². The van der Waals surface area contributed by atoms with E-state index in [1.807, 2.05) is 23.9 Å². The number of oxime groups is 1. The number of aromatic nitrogens is 3. The van der Waals surface area contributed by atoms with Crippen molar-refractivity contribution in [2.24, 2.45) is 5.16 Å². The standard InChI is InChI=1S/C16H18FN5OS/c17-14-9-12(1-2-16(14)21-5-7-24-8-6-21)15-10-13(23-19-15)11-22-4-3-18-20-22/h1-4,9,13H,5-8,10-11H2. The third kappa shape index (κ3) is 3.24. The van der Waals surface area contributed by atoms with E-state index in [9.17, 15) is 4.39 Å². The van der Waals surface area contributed by atoms with Gasteiger partial charge in [-0.15, -0.1) is 5.10 Å². The van der Waals surface area contributed by atoms with Crippen LogP contribution in [0.25, 0.3) is 0 Å². The average molecular weight is 347 g/mol. The molecule has 2 aromatic rings. The van der Waals surface area contributed by atoms with Gasteiger partial charge >= 0.3 is 0 Å². The Kier molecular flexibility index (Phi) is 4.38. The van der Waals surface area contributed by atoms with Crippen LogP contribution in [0, 0.1) is 5.82 Å². The summed E-state index contributed by atoms with van der Waals surface area (Å²) >= 11 is 1.91. The Labute approximate surface area is 143 Å². The van der Waals surface area contributed by atoms with E-state index in [4.69, 9.17) is 4.84 Å². The van der Waals surface area contributed by atoms with Crippen molar-refractivity contribution < 1.29 is 9.23 Å². The highest BCUT2D eigenvalue weighted by molar-refractivity contribution is 7.99. The van der Waals surface area contributed by atoms with E-state index in [1.54, 1.807) is 23.1 Å². The summed E-state index contributed by atoms with van der Waals surface area (Å²) in [6.07, 6.45) is 3.96. The largest absolute Gasteiger partial charge is 0.390 e. The van der Waals surface area contributed by atoms with Crippen molar-refractivity contribution in [3.8, 4) is 0 Å². The van der Waals surface area contributed by atoms with E-state index >= 15 is 0 Å². The Morgan fingerprint density at radius 3 is 2.92 bits per heavy atom. The summed E-state index contributed by atoms with van der Waals surface area (Å²) in [6.45, 7) is 2.37. The number of anilines is 1. The fraction of sp³-hybridized carbons (Fsp3) is 0.438. The Bertz CT molecular complexity index is 730. The van der Waals surface area contributed by atoms with Gasteiger partial charge < -0.3 is 9.74 Å². The predicted octanol–water partition coefficient (Wildman–Crippen LogP) is 2.16. The summed E-state index contributed by atoms with van der Waals surface area (Å²) in [5, 5.41) is 11.8. The fourth-order valence-electron chi connectivity index (χ4n) is 2.98.